The minimum absolute atomic E-state index is 0.132. The minimum Gasteiger partial charge on any atom is -0.305 e. The molecule has 1 aromatic heterocycles. The van der Waals surface area contributed by atoms with Crippen LogP contribution in [-0.2, 0) is 16.6 Å². The quantitative estimate of drug-likeness (QED) is 0.813. The Morgan fingerprint density at radius 1 is 1.21 bits per heavy atom. The van der Waals surface area contributed by atoms with Crippen molar-refractivity contribution in [3.05, 3.63) is 23.3 Å². The summed E-state index contributed by atoms with van der Waals surface area (Å²) in [5, 5.41) is -0.196. The highest BCUT2D eigenvalue weighted by molar-refractivity contribution is 7.89. The highest BCUT2D eigenvalue weighted by atomic mass is 32.2. The van der Waals surface area contributed by atoms with Gasteiger partial charge in [0, 0.05) is 24.8 Å². The Balaban J connectivity index is 1.94. The van der Waals surface area contributed by atoms with E-state index in [9.17, 15) is 8.42 Å². The molecule has 0 aromatic carbocycles. The van der Waals surface area contributed by atoms with Crippen molar-refractivity contribution in [1.82, 2.24) is 19.2 Å². The number of sulfonamides is 1. The van der Waals surface area contributed by atoms with Crippen LogP contribution in [0, 0.1) is 6.92 Å². The number of rotatable bonds is 5. The summed E-state index contributed by atoms with van der Waals surface area (Å²) in [7, 11) is 0.776. The smallest absolute Gasteiger partial charge is 0.217 e. The molecule has 2 fully saturated rings. The van der Waals surface area contributed by atoms with Crippen LogP contribution in [0.3, 0.4) is 0 Å². The highest BCUT2D eigenvalue weighted by Gasteiger charge is 2.42. The Hall–Kier alpha value is -1.05. The molecular weight excluding hydrogens is 324 g/mol. The van der Waals surface area contributed by atoms with E-state index in [1.165, 1.54) is 0 Å². The van der Waals surface area contributed by atoms with Gasteiger partial charge in [0.25, 0.3) is 0 Å². The van der Waals surface area contributed by atoms with E-state index in [0.717, 1.165) is 56.3 Å². The molecule has 24 heavy (non-hydrogen) atoms. The van der Waals surface area contributed by atoms with Gasteiger partial charge in [-0.25, -0.2) is 18.4 Å². The van der Waals surface area contributed by atoms with Crippen molar-refractivity contribution in [2.75, 3.05) is 20.6 Å². The fourth-order valence-corrected chi connectivity index (χ4v) is 6.21. The van der Waals surface area contributed by atoms with Gasteiger partial charge in [0.1, 0.15) is 5.82 Å². The largest absolute Gasteiger partial charge is 0.305 e. The minimum atomic E-state index is -3.23. The molecule has 1 saturated carbocycles. The van der Waals surface area contributed by atoms with Gasteiger partial charge in [-0.3, -0.25) is 0 Å². The third-order valence-corrected chi connectivity index (χ3v) is 7.48. The number of aromatic nitrogens is 2. The first-order valence-electron chi connectivity index (χ1n) is 8.87. The predicted molar refractivity (Wildman–Crippen MR) is 94.0 cm³/mol. The summed E-state index contributed by atoms with van der Waals surface area (Å²) < 4.78 is 28.0. The maximum atomic E-state index is 13.1. The fourth-order valence-electron chi connectivity index (χ4n) is 3.96. The van der Waals surface area contributed by atoms with E-state index < -0.39 is 10.0 Å². The highest BCUT2D eigenvalue weighted by Crippen LogP contribution is 2.39. The van der Waals surface area contributed by atoms with Crippen molar-refractivity contribution in [1.29, 1.82) is 0 Å². The molecule has 1 aliphatic carbocycles. The van der Waals surface area contributed by atoms with Crippen LogP contribution < -0.4 is 0 Å². The summed E-state index contributed by atoms with van der Waals surface area (Å²) in [6.07, 6.45) is 7.28. The van der Waals surface area contributed by atoms with Gasteiger partial charge < -0.3 is 4.90 Å². The van der Waals surface area contributed by atoms with Crippen LogP contribution in [0.2, 0.25) is 0 Å². The van der Waals surface area contributed by atoms with Gasteiger partial charge in [-0.1, -0.05) is 12.8 Å². The van der Waals surface area contributed by atoms with E-state index in [4.69, 9.17) is 0 Å². The van der Waals surface area contributed by atoms with E-state index in [1.54, 1.807) is 4.31 Å². The number of hydrogen-bond acceptors (Lipinski definition) is 5. The van der Waals surface area contributed by atoms with Crippen LogP contribution in [0.4, 0.5) is 0 Å². The fraction of sp³-hybridized carbons (Fsp3) is 0.765. The Morgan fingerprint density at radius 3 is 2.58 bits per heavy atom. The first kappa shape index (κ1) is 17.8. The molecule has 134 valence electrons. The normalized spacial score (nSPS) is 23.4. The summed E-state index contributed by atoms with van der Waals surface area (Å²) >= 11 is 0. The molecule has 1 atom stereocenters. The molecule has 0 N–H and O–H groups in total. The van der Waals surface area contributed by atoms with Crippen molar-refractivity contribution in [3.8, 4) is 0 Å². The molecule has 2 aliphatic rings. The topological polar surface area (TPSA) is 66.4 Å². The lowest BCUT2D eigenvalue weighted by Crippen LogP contribution is -2.38. The molecule has 6 nitrogen and oxygen atoms in total. The maximum Gasteiger partial charge on any atom is 0.217 e. The van der Waals surface area contributed by atoms with Crippen LogP contribution in [0.5, 0.6) is 0 Å². The third kappa shape index (κ3) is 3.48. The summed E-state index contributed by atoms with van der Waals surface area (Å²) in [4.78, 5) is 11.0. The molecule has 0 bridgehead atoms. The monoisotopic (exact) mass is 352 g/mol. The SMILES string of the molecule is Cc1ncc(CN(C)C)c([C@@H]2CCCN2S(=O)(=O)C2CCCC2)n1. The summed E-state index contributed by atoms with van der Waals surface area (Å²) in [6.45, 7) is 3.21. The molecule has 0 unspecified atom stereocenters. The molecule has 1 aromatic rings. The van der Waals surface area contributed by atoms with Gasteiger partial charge >= 0.3 is 0 Å². The first-order valence-corrected chi connectivity index (χ1v) is 10.4. The predicted octanol–water partition coefficient (Wildman–Crippen LogP) is 2.26. The Bertz CT molecular complexity index is 684. The molecule has 0 radical (unpaired) electrons. The molecule has 0 spiro atoms. The molecule has 3 rings (SSSR count). The van der Waals surface area contributed by atoms with Gasteiger partial charge in [-0.05, 0) is 46.7 Å². The van der Waals surface area contributed by atoms with Gasteiger partial charge in [-0.2, -0.15) is 4.31 Å². The van der Waals surface area contributed by atoms with E-state index in [1.807, 2.05) is 27.2 Å². The zero-order valence-electron chi connectivity index (χ0n) is 14.9. The molecule has 1 saturated heterocycles. The summed E-state index contributed by atoms with van der Waals surface area (Å²) in [5.74, 6) is 0.706. The van der Waals surface area contributed by atoms with E-state index >= 15 is 0 Å². The first-order chi connectivity index (χ1) is 11.4. The molecule has 7 heteroatoms. The second-order valence-electron chi connectivity index (χ2n) is 7.29. The number of hydrogen-bond donors (Lipinski definition) is 0. The molecular formula is C17H28N4O2S. The number of nitrogens with zero attached hydrogens (tertiary/aromatic N) is 4. The van der Waals surface area contributed by atoms with Crippen molar-refractivity contribution in [2.24, 2.45) is 0 Å². The lowest BCUT2D eigenvalue weighted by Gasteiger charge is -2.28. The molecule has 1 aliphatic heterocycles. The Labute approximate surface area is 145 Å². The standard InChI is InChI=1S/C17H28N4O2S/c1-13-18-11-14(12-20(2)3)17(19-13)16-9-6-10-21(16)24(22,23)15-7-4-5-8-15/h11,15-16H,4-10,12H2,1-3H3/t16-/m0/s1. The van der Waals surface area contributed by atoms with Crippen LogP contribution in [0.25, 0.3) is 0 Å². The Morgan fingerprint density at radius 2 is 1.92 bits per heavy atom. The van der Waals surface area contributed by atoms with E-state index in [-0.39, 0.29) is 11.3 Å². The zero-order valence-corrected chi connectivity index (χ0v) is 15.7. The van der Waals surface area contributed by atoms with Crippen molar-refractivity contribution < 1.29 is 8.42 Å². The molecule has 0 amide bonds. The summed E-state index contributed by atoms with van der Waals surface area (Å²) in [6, 6.07) is -0.132. The second kappa shape index (κ2) is 7.06. The van der Waals surface area contributed by atoms with Crippen LogP contribution in [0.1, 0.15) is 61.6 Å². The third-order valence-electron chi connectivity index (χ3n) is 5.07. The average molecular weight is 353 g/mol. The maximum absolute atomic E-state index is 13.1. The lowest BCUT2D eigenvalue weighted by molar-refractivity contribution is 0.366. The number of aryl methyl sites for hydroxylation is 1. The van der Waals surface area contributed by atoms with Gasteiger partial charge in [0.15, 0.2) is 0 Å². The van der Waals surface area contributed by atoms with Gasteiger partial charge in [0.2, 0.25) is 10.0 Å². The van der Waals surface area contributed by atoms with E-state index in [2.05, 4.69) is 14.9 Å². The van der Waals surface area contributed by atoms with Crippen molar-refractivity contribution in [2.45, 2.75) is 63.3 Å². The lowest BCUT2D eigenvalue weighted by atomic mass is 10.1. The van der Waals surface area contributed by atoms with Gasteiger partial charge in [0.05, 0.1) is 17.0 Å². The zero-order chi connectivity index (χ0) is 17.3. The van der Waals surface area contributed by atoms with Crippen LogP contribution >= 0.6 is 0 Å². The van der Waals surface area contributed by atoms with Gasteiger partial charge in [-0.15, -0.1) is 0 Å². The van der Waals surface area contributed by atoms with Crippen LogP contribution in [-0.4, -0.2) is 53.5 Å². The Kier molecular flexibility index (Phi) is 5.22. The summed E-state index contributed by atoms with van der Waals surface area (Å²) in [5.41, 5.74) is 1.93. The van der Waals surface area contributed by atoms with E-state index in [0.29, 0.717) is 12.4 Å². The second-order valence-corrected chi connectivity index (χ2v) is 9.45. The van der Waals surface area contributed by atoms with Crippen LogP contribution in [0.15, 0.2) is 6.20 Å². The average Bonchev–Trinajstić information content (AvgIpc) is 3.20. The molecule has 2 heterocycles. The van der Waals surface area contributed by atoms with Crippen molar-refractivity contribution >= 4 is 10.0 Å². The van der Waals surface area contributed by atoms with Crippen molar-refractivity contribution in [3.63, 3.8) is 0 Å².